The van der Waals surface area contributed by atoms with E-state index in [1.807, 2.05) is 12.1 Å². The lowest BCUT2D eigenvalue weighted by atomic mass is 10.1. The van der Waals surface area contributed by atoms with Crippen molar-refractivity contribution in [1.82, 2.24) is 10.6 Å². The average molecular weight is 407 g/mol. The zero-order valence-electron chi connectivity index (χ0n) is 13.8. The Bertz CT molecular complexity index is 390. The summed E-state index contributed by atoms with van der Waals surface area (Å²) in [4.78, 5) is 4.64. The van der Waals surface area contributed by atoms with Gasteiger partial charge in [0.2, 0.25) is 0 Å². The molecule has 2 atom stereocenters. The zero-order valence-corrected chi connectivity index (χ0v) is 16.2. The Morgan fingerprint density at radius 2 is 1.95 bits per heavy atom. The van der Waals surface area contributed by atoms with E-state index in [4.69, 9.17) is 4.42 Å². The largest absolute Gasteiger partial charge is 0.469 e. The highest BCUT2D eigenvalue weighted by Gasteiger charge is 2.10. The Balaban J connectivity index is 0.00000400. The minimum absolute atomic E-state index is 0. The van der Waals surface area contributed by atoms with Crippen molar-refractivity contribution >= 4 is 29.9 Å². The van der Waals surface area contributed by atoms with Gasteiger partial charge in [0.25, 0.3) is 0 Å². The fraction of sp³-hybridized carbons (Fsp3) is 0.688. The summed E-state index contributed by atoms with van der Waals surface area (Å²) in [6.45, 7) is 11.7. The molecule has 0 saturated carbocycles. The molecule has 0 aliphatic rings. The van der Waals surface area contributed by atoms with Gasteiger partial charge in [-0.2, -0.15) is 0 Å². The minimum Gasteiger partial charge on any atom is -0.469 e. The van der Waals surface area contributed by atoms with Crippen molar-refractivity contribution in [2.45, 2.75) is 59.5 Å². The lowest BCUT2D eigenvalue weighted by Gasteiger charge is -2.23. The Morgan fingerprint density at radius 1 is 1.24 bits per heavy atom. The summed E-state index contributed by atoms with van der Waals surface area (Å²) in [5, 5.41) is 6.91. The van der Waals surface area contributed by atoms with Gasteiger partial charge in [0.1, 0.15) is 5.76 Å². The first-order valence-electron chi connectivity index (χ1n) is 7.62. The molecule has 21 heavy (non-hydrogen) atoms. The van der Waals surface area contributed by atoms with Crippen LogP contribution in [0.5, 0.6) is 0 Å². The summed E-state index contributed by atoms with van der Waals surface area (Å²) < 4.78 is 5.33. The van der Waals surface area contributed by atoms with E-state index >= 15 is 0 Å². The van der Waals surface area contributed by atoms with E-state index in [-0.39, 0.29) is 24.0 Å². The smallest absolute Gasteiger partial charge is 0.191 e. The predicted molar refractivity (Wildman–Crippen MR) is 100 cm³/mol. The van der Waals surface area contributed by atoms with Crippen LogP contribution < -0.4 is 10.6 Å². The fourth-order valence-electron chi connectivity index (χ4n) is 1.58. The van der Waals surface area contributed by atoms with Crippen LogP contribution in [-0.4, -0.2) is 24.6 Å². The van der Waals surface area contributed by atoms with Crippen molar-refractivity contribution in [2.24, 2.45) is 10.9 Å². The monoisotopic (exact) mass is 407 g/mol. The van der Waals surface area contributed by atoms with Gasteiger partial charge in [-0.25, -0.2) is 0 Å². The van der Waals surface area contributed by atoms with Gasteiger partial charge >= 0.3 is 0 Å². The van der Waals surface area contributed by atoms with E-state index in [1.54, 1.807) is 6.26 Å². The summed E-state index contributed by atoms with van der Waals surface area (Å²) in [5.74, 6) is 2.45. The predicted octanol–water partition coefficient (Wildman–Crippen LogP) is 3.82. The Hall–Kier alpha value is -0.720. The molecule has 1 heterocycles. The maximum atomic E-state index is 5.33. The van der Waals surface area contributed by atoms with Gasteiger partial charge in [0, 0.05) is 25.0 Å². The van der Waals surface area contributed by atoms with Gasteiger partial charge < -0.3 is 15.1 Å². The molecule has 0 fully saturated rings. The van der Waals surface area contributed by atoms with Crippen LogP contribution in [0, 0.1) is 5.92 Å². The van der Waals surface area contributed by atoms with E-state index < -0.39 is 0 Å². The van der Waals surface area contributed by atoms with Crippen molar-refractivity contribution in [3.05, 3.63) is 24.2 Å². The second-order valence-electron chi connectivity index (χ2n) is 5.69. The highest BCUT2D eigenvalue weighted by Crippen LogP contribution is 2.02. The third-order valence-corrected chi connectivity index (χ3v) is 3.57. The molecule has 4 nitrogen and oxygen atoms in total. The average Bonchev–Trinajstić information content (AvgIpc) is 2.91. The van der Waals surface area contributed by atoms with Crippen LogP contribution in [0.2, 0.25) is 0 Å². The molecule has 0 aliphatic carbocycles. The molecule has 122 valence electrons. The number of guanidine groups is 1. The van der Waals surface area contributed by atoms with Gasteiger partial charge in [-0.3, -0.25) is 4.99 Å². The van der Waals surface area contributed by atoms with Crippen LogP contribution in [0.1, 0.15) is 46.8 Å². The number of aliphatic imine (C=N–C) groups is 1. The Kier molecular flexibility index (Phi) is 10.6. The highest BCUT2D eigenvalue weighted by molar-refractivity contribution is 14.0. The summed E-state index contributed by atoms with van der Waals surface area (Å²) in [5.41, 5.74) is 0. The topological polar surface area (TPSA) is 49.6 Å². The highest BCUT2D eigenvalue weighted by atomic mass is 127. The van der Waals surface area contributed by atoms with E-state index in [2.05, 4.69) is 50.2 Å². The molecule has 2 N–H and O–H groups in total. The second kappa shape index (κ2) is 10.9. The van der Waals surface area contributed by atoms with Crippen LogP contribution in [0.3, 0.4) is 0 Å². The molecule has 1 aromatic heterocycles. The molecular formula is C16H30IN3O. The maximum absolute atomic E-state index is 5.33. The lowest BCUT2D eigenvalue weighted by molar-refractivity contribution is 0.474. The zero-order chi connectivity index (χ0) is 15.0. The third kappa shape index (κ3) is 8.34. The van der Waals surface area contributed by atoms with Crippen LogP contribution >= 0.6 is 24.0 Å². The molecule has 0 radical (unpaired) electrons. The van der Waals surface area contributed by atoms with Gasteiger partial charge in [0.15, 0.2) is 5.96 Å². The third-order valence-electron chi connectivity index (χ3n) is 3.57. The lowest BCUT2D eigenvalue weighted by Crippen LogP contribution is -2.47. The normalized spacial score (nSPS) is 14.5. The molecular weight excluding hydrogens is 377 g/mol. The quantitative estimate of drug-likeness (QED) is 0.411. The number of furan rings is 1. The molecule has 0 amide bonds. The van der Waals surface area contributed by atoms with E-state index in [0.29, 0.717) is 18.0 Å². The summed E-state index contributed by atoms with van der Waals surface area (Å²) in [6, 6.07) is 4.72. The molecule has 5 heteroatoms. The number of nitrogens with one attached hydrogen (secondary N) is 2. The van der Waals surface area contributed by atoms with Crippen LogP contribution in [0.15, 0.2) is 27.8 Å². The van der Waals surface area contributed by atoms with E-state index in [1.165, 1.54) is 0 Å². The molecule has 1 aromatic rings. The SMILES string of the molecule is CCC(C)NC(=NCCc1ccco1)NC(C)C(C)C.I. The molecule has 0 saturated heterocycles. The van der Waals surface area contributed by atoms with Crippen molar-refractivity contribution in [2.75, 3.05) is 6.54 Å². The molecule has 0 aromatic carbocycles. The first-order valence-corrected chi connectivity index (χ1v) is 7.62. The molecule has 0 aliphatic heterocycles. The van der Waals surface area contributed by atoms with Gasteiger partial charge in [-0.15, -0.1) is 24.0 Å². The van der Waals surface area contributed by atoms with Gasteiger partial charge in [0.05, 0.1) is 6.26 Å². The number of hydrogen-bond donors (Lipinski definition) is 2. The van der Waals surface area contributed by atoms with Crippen LogP contribution in [0.4, 0.5) is 0 Å². The van der Waals surface area contributed by atoms with E-state index in [0.717, 1.165) is 31.1 Å². The maximum Gasteiger partial charge on any atom is 0.191 e. The Labute approximate surface area is 146 Å². The number of hydrogen-bond acceptors (Lipinski definition) is 2. The van der Waals surface area contributed by atoms with Gasteiger partial charge in [-0.05, 0) is 38.3 Å². The standard InChI is InChI=1S/C16H29N3O.HI/c1-6-13(4)18-16(19-14(5)12(2)3)17-10-9-15-8-7-11-20-15;/h7-8,11-14H,6,9-10H2,1-5H3,(H2,17,18,19);1H. The number of nitrogens with zero attached hydrogens (tertiary/aromatic N) is 1. The summed E-state index contributed by atoms with van der Waals surface area (Å²) >= 11 is 0. The molecule has 0 spiro atoms. The molecule has 2 unspecified atom stereocenters. The summed E-state index contributed by atoms with van der Waals surface area (Å²) in [7, 11) is 0. The van der Waals surface area contributed by atoms with Crippen LogP contribution in [0.25, 0.3) is 0 Å². The van der Waals surface area contributed by atoms with Crippen LogP contribution in [-0.2, 0) is 6.42 Å². The van der Waals surface area contributed by atoms with Crippen molar-refractivity contribution in [3.63, 3.8) is 0 Å². The summed E-state index contributed by atoms with van der Waals surface area (Å²) in [6.07, 6.45) is 3.61. The van der Waals surface area contributed by atoms with Crippen molar-refractivity contribution in [3.8, 4) is 0 Å². The fourth-order valence-corrected chi connectivity index (χ4v) is 1.58. The van der Waals surface area contributed by atoms with Crippen molar-refractivity contribution in [1.29, 1.82) is 0 Å². The Morgan fingerprint density at radius 3 is 2.48 bits per heavy atom. The van der Waals surface area contributed by atoms with E-state index in [9.17, 15) is 0 Å². The first kappa shape index (κ1) is 20.3. The second-order valence-corrected chi connectivity index (χ2v) is 5.69. The minimum atomic E-state index is 0. The molecule has 1 rings (SSSR count). The number of rotatable bonds is 7. The molecule has 0 bridgehead atoms. The van der Waals surface area contributed by atoms with Gasteiger partial charge in [-0.1, -0.05) is 20.8 Å². The van der Waals surface area contributed by atoms with Crippen molar-refractivity contribution < 1.29 is 4.42 Å². The number of halogens is 1. The first-order chi connectivity index (χ1) is 9.52.